The number of aliphatic hydroxyl groups is 1. The molecule has 0 radical (unpaired) electrons. The molecule has 2 saturated carbocycles. The second-order valence-corrected chi connectivity index (χ2v) is 8.96. The summed E-state index contributed by atoms with van der Waals surface area (Å²) in [7, 11) is 0. The van der Waals surface area contributed by atoms with Gasteiger partial charge in [0.05, 0.1) is 13.2 Å². The summed E-state index contributed by atoms with van der Waals surface area (Å²) in [6, 6.07) is 0. The van der Waals surface area contributed by atoms with E-state index in [-0.39, 0.29) is 25.1 Å². The molecule has 0 aromatic rings. The molecule has 5 nitrogen and oxygen atoms in total. The van der Waals surface area contributed by atoms with Crippen molar-refractivity contribution in [1.29, 1.82) is 0 Å². The number of carbonyl (C=O) groups is 1. The molecule has 1 N–H and O–H groups in total. The number of allylic oxidation sites excluding steroid dienone is 1. The zero-order valence-electron chi connectivity index (χ0n) is 17.1. The molecule has 0 aromatic heterocycles. The van der Waals surface area contributed by atoms with E-state index in [2.05, 4.69) is 20.4 Å². The topological polar surface area (TPSA) is 65.0 Å². The van der Waals surface area contributed by atoms with Crippen LogP contribution in [0.25, 0.3) is 0 Å². The first-order valence-electron chi connectivity index (χ1n) is 10.7. The van der Waals surface area contributed by atoms with E-state index in [1.165, 1.54) is 25.7 Å². The van der Waals surface area contributed by atoms with Crippen molar-refractivity contribution in [3.63, 3.8) is 0 Å². The maximum atomic E-state index is 13.6. The molecule has 5 heteroatoms. The molecule has 6 atom stereocenters. The van der Waals surface area contributed by atoms with Crippen LogP contribution >= 0.6 is 0 Å². The largest absolute Gasteiger partial charge is 0.458 e. The van der Waals surface area contributed by atoms with E-state index in [0.29, 0.717) is 18.3 Å². The van der Waals surface area contributed by atoms with E-state index in [0.717, 1.165) is 18.8 Å². The van der Waals surface area contributed by atoms with Crippen molar-refractivity contribution < 1.29 is 24.4 Å². The standard InChI is InChI=1S/C22H36O5/c1-5-10-21(14-25-27-19(13-23)15(21)4)20(24)26-22(6-2,7-3)18-12-16-8-9-17(18)11-16/h5,15-19,23H,1,6-14H2,2-4H3. The van der Waals surface area contributed by atoms with Gasteiger partial charge in [-0.2, -0.15) is 0 Å². The van der Waals surface area contributed by atoms with Gasteiger partial charge in [-0.1, -0.05) is 33.3 Å². The van der Waals surface area contributed by atoms with Crippen LogP contribution in [0.2, 0.25) is 0 Å². The predicted molar refractivity (Wildman–Crippen MR) is 103 cm³/mol. The van der Waals surface area contributed by atoms with Crippen LogP contribution in [0.3, 0.4) is 0 Å². The van der Waals surface area contributed by atoms with Gasteiger partial charge in [0.25, 0.3) is 0 Å². The van der Waals surface area contributed by atoms with Gasteiger partial charge in [-0.25, -0.2) is 9.78 Å². The highest BCUT2D eigenvalue weighted by atomic mass is 17.2. The van der Waals surface area contributed by atoms with Gasteiger partial charge in [-0.05, 0) is 50.4 Å². The number of hydrogen-bond donors (Lipinski definition) is 1. The van der Waals surface area contributed by atoms with E-state index in [4.69, 9.17) is 14.5 Å². The average molecular weight is 381 g/mol. The van der Waals surface area contributed by atoms with Crippen LogP contribution in [0.15, 0.2) is 12.7 Å². The lowest BCUT2D eigenvalue weighted by atomic mass is 9.70. The molecule has 6 unspecified atom stereocenters. The highest BCUT2D eigenvalue weighted by Gasteiger charge is 2.56. The van der Waals surface area contributed by atoms with E-state index >= 15 is 0 Å². The van der Waals surface area contributed by atoms with Gasteiger partial charge in [-0.3, -0.25) is 4.79 Å². The first-order valence-corrected chi connectivity index (χ1v) is 10.7. The Morgan fingerprint density at radius 1 is 1.33 bits per heavy atom. The minimum atomic E-state index is -0.861. The number of fused-ring (bicyclic) bond motifs is 2. The molecule has 0 aromatic carbocycles. The van der Waals surface area contributed by atoms with Gasteiger partial charge in [0.2, 0.25) is 0 Å². The normalized spacial score (nSPS) is 38.7. The van der Waals surface area contributed by atoms with Crippen molar-refractivity contribution in [3.8, 4) is 0 Å². The molecular weight excluding hydrogens is 344 g/mol. The number of esters is 1. The Kier molecular flexibility index (Phi) is 6.34. The highest BCUT2D eigenvalue weighted by Crippen LogP contribution is 2.55. The van der Waals surface area contributed by atoms with Crippen LogP contribution in [0.5, 0.6) is 0 Å². The molecule has 27 heavy (non-hydrogen) atoms. The van der Waals surface area contributed by atoms with Crippen molar-refractivity contribution in [1.82, 2.24) is 0 Å². The van der Waals surface area contributed by atoms with Gasteiger partial charge >= 0.3 is 5.97 Å². The van der Waals surface area contributed by atoms with Crippen molar-refractivity contribution in [2.45, 2.75) is 77.4 Å². The van der Waals surface area contributed by atoms with E-state index < -0.39 is 17.1 Å². The molecule has 0 amide bonds. The monoisotopic (exact) mass is 380 g/mol. The van der Waals surface area contributed by atoms with Gasteiger partial charge < -0.3 is 9.84 Å². The van der Waals surface area contributed by atoms with Crippen LogP contribution < -0.4 is 0 Å². The lowest BCUT2D eigenvalue weighted by molar-refractivity contribution is -0.386. The van der Waals surface area contributed by atoms with Crippen LogP contribution in [-0.4, -0.2) is 36.0 Å². The van der Waals surface area contributed by atoms with Crippen molar-refractivity contribution >= 4 is 5.97 Å². The van der Waals surface area contributed by atoms with E-state index in [1.807, 2.05) is 6.92 Å². The second-order valence-electron chi connectivity index (χ2n) is 8.96. The number of hydrogen-bond acceptors (Lipinski definition) is 5. The molecule has 1 heterocycles. The summed E-state index contributed by atoms with van der Waals surface area (Å²) in [5.41, 5.74) is -1.27. The quantitative estimate of drug-likeness (QED) is 0.391. The van der Waals surface area contributed by atoms with Gasteiger partial charge in [0.1, 0.15) is 17.1 Å². The SMILES string of the molecule is C=CCC1(C(=O)OC(CC)(CC)C2CC3CCC2C3)COOC(CO)C1C. The number of carbonyl (C=O) groups excluding carboxylic acids is 1. The highest BCUT2D eigenvalue weighted by molar-refractivity contribution is 5.78. The van der Waals surface area contributed by atoms with E-state index in [9.17, 15) is 9.90 Å². The zero-order chi connectivity index (χ0) is 19.7. The minimum absolute atomic E-state index is 0.135. The Morgan fingerprint density at radius 2 is 2.07 bits per heavy atom. The van der Waals surface area contributed by atoms with E-state index in [1.54, 1.807) is 6.08 Å². The predicted octanol–water partition coefficient (Wildman–Crippen LogP) is 4.05. The van der Waals surface area contributed by atoms with Crippen LogP contribution in [0, 0.1) is 29.1 Å². The molecule has 2 bridgehead atoms. The molecule has 1 aliphatic heterocycles. The summed E-state index contributed by atoms with van der Waals surface area (Å²) in [4.78, 5) is 24.1. The first-order chi connectivity index (χ1) is 13.0. The Labute approximate surface area is 163 Å². The van der Waals surface area contributed by atoms with Crippen molar-refractivity contribution in [2.24, 2.45) is 29.1 Å². The summed E-state index contributed by atoms with van der Waals surface area (Å²) < 4.78 is 6.43. The lowest BCUT2D eigenvalue weighted by Gasteiger charge is -2.47. The summed E-state index contributed by atoms with van der Waals surface area (Å²) in [6.45, 7) is 10.0. The Balaban J connectivity index is 1.85. The first kappa shape index (κ1) is 20.8. The number of rotatable bonds is 8. The van der Waals surface area contributed by atoms with Crippen LogP contribution in [0.1, 0.15) is 65.7 Å². The summed E-state index contributed by atoms with van der Waals surface area (Å²) in [6.07, 6.45) is 8.41. The maximum Gasteiger partial charge on any atom is 0.315 e. The lowest BCUT2D eigenvalue weighted by Crippen LogP contribution is -2.55. The second kappa shape index (κ2) is 8.22. The smallest absolute Gasteiger partial charge is 0.315 e. The third-order valence-electron chi connectivity index (χ3n) is 7.94. The van der Waals surface area contributed by atoms with Crippen LogP contribution in [0.4, 0.5) is 0 Å². The van der Waals surface area contributed by atoms with Gasteiger partial charge in [-0.15, -0.1) is 6.58 Å². The molecule has 3 aliphatic rings. The van der Waals surface area contributed by atoms with Gasteiger partial charge in [0, 0.05) is 11.8 Å². The molecule has 1 saturated heterocycles. The molecule has 0 spiro atoms. The Morgan fingerprint density at radius 3 is 2.59 bits per heavy atom. The fraction of sp³-hybridized carbons (Fsp3) is 0.864. The fourth-order valence-electron chi connectivity index (χ4n) is 5.99. The minimum Gasteiger partial charge on any atom is -0.458 e. The molecule has 154 valence electrons. The summed E-state index contributed by atoms with van der Waals surface area (Å²) in [5, 5.41) is 9.63. The van der Waals surface area contributed by atoms with Crippen molar-refractivity contribution in [2.75, 3.05) is 13.2 Å². The van der Waals surface area contributed by atoms with Crippen molar-refractivity contribution in [3.05, 3.63) is 12.7 Å². The Bertz CT molecular complexity index is 543. The molecular formula is C22H36O5. The molecule has 2 aliphatic carbocycles. The summed E-state index contributed by atoms with van der Waals surface area (Å²) in [5.74, 6) is 1.52. The molecule has 3 fully saturated rings. The molecule has 3 rings (SSSR count). The third-order valence-corrected chi connectivity index (χ3v) is 7.94. The number of ether oxygens (including phenoxy) is 1. The number of aliphatic hydroxyl groups excluding tert-OH is 1. The maximum absolute atomic E-state index is 13.6. The average Bonchev–Trinajstić information content (AvgIpc) is 3.31. The van der Waals surface area contributed by atoms with Gasteiger partial charge in [0.15, 0.2) is 0 Å². The van der Waals surface area contributed by atoms with Crippen LogP contribution in [-0.2, 0) is 19.3 Å². The fourth-order valence-corrected chi connectivity index (χ4v) is 5.99. The summed E-state index contributed by atoms with van der Waals surface area (Å²) >= 11 is 0. The zero-order valence-corrected chi connectivity index (χ0v) is 17.1. The third kappa shape index (κ3) is 3.47. The Hall–Kier alpha value is -0.910.